The SMILES string of the molecule is COc1ccc(C)cc1NC(=O)CC1NCCc2ccccc21. The predicted octanol–water partition coefficient (Wildman–Crippen LogP) is 3.22. The standard InChI is InChI=1S/C19H22N2O2/c1-13-7-8-18(23-2)17(11-13)21-19(22)12-16-15-6-4-3-5-14(15)9-10-20-16/h3-8,11,16,20H,9-10,12H2,1-2H3,(H,21,22). The Balaban J connectivity index is 1.73. The number of aryl methyl sites for hydroxylation is 1. The van der Waals surface area contributed by atoms with E-state index in [4.69, 9.17) is 4.74 Å². The third-order valence-electron chi connectivity index (χ3n) is 4.23. The Morgan fingerprint density at radius 2 is 2.13 bits per heavy atom. The molecule has 0 radical (unpaired) electrons. The zero-order valence-electron chi connectivity index (χ0n) is 13.6. The molecule has 3 rings (SSSR count). The second-order valence-corrected chi connectivity index (χ2v) is 5.91. The number of benzene rings is 2. The van der Waals surface area contributed by atoms with Crippen molar-refractivity contribution >= 4 is 11.6 Å². The molecule has 0 bridgehead atoms. The van der Waals surface area contributed by atoms with Crippen LogP contribution in [0.25, 0.3) is 0 Å². The number of carbonyl (C=O) groups is 1. The number of anilines is 1. The lowest BCUT2D eigenvalue weighted by molar-refractivity contribution is -0.116. The molecule has 1 aliphatic heterocycles. The van der Waals surface area contributed by atoms with E-state index in [9.17, 15) is 4.79 Å². The molecular weight excluding hydrogens is 288 g/mol. The largest absolute Gasteiger partial charge is 0.495 e. The molecule has 2 aromatic rings. The van der Waals surface area contributed by atoms with Crippen LogP contribution in [0.1, 0.15) is 29.2 Å². The first-order valence-corrected chi connectivity index (χ1v) is 7.93. The zero-order chi connectivity index (χ0) is 16.2. The summed E-state index contributed by atoms with van der Waals surface area (Å²) in [6.07, 6.45) is 1.42. The van der Waals surface area contributed by atoms with E-state index in [1.165, 1.54) is 11.1 Å². The van der Waals surface area contributed by atoms with Gasteiger partial charge in [-0.25, -0.2) is 0 Å². The molecule has 0 aromatic heterocycles. The number of rotatable bonds is 4. The molecule has 1 atom stereocenters. The fourth-order valence-electron chi connectivity index (χ4n) is 3.08. The molecule has 1 amide bonds. The highest BCUT2D eigenvalue weighted by atomic mass is 16.5. The number of methoxy groups -OCH3 is 1. The van der Waals surface area contributed by atoms with Gasteiger partial charge in [0, 0.05) is 12.5 Å². The highest BCUT2D eigenvalue weighted by molar-refractivity contribution is 5.92. The second kappa shape index (κ2) is 6.84. The molecule has 0 saturated heterocycles. The van der Waals surface area contributed by atoms with E-state index >= 15 is 0 Å². The third kappa shape index (κ3) is 3.54. The van der Waals surface area contributed by atoms with Crippen LogP contribution in [-0.4, -0.2) is 19.6 Å². The lowest BCUT2D eigenvalue weighted by atomic mass is 9.92. The van der Waals surface area contributed by atoms with Crippen LogP contribution < -0.4 is 15.4 Å². The van der Waals surface area contributed by atoms with Crippen molar-refractivity contribution in [1.82, 2.24) is 5.32 Å². The summed E-state index contributed by atoms with van der Waals surface area (Å²) in [5.74, 6) is 0.670. The van der Waals surface area contributed by atoms with Crippen molar-refractivity contribution in [3.05, 3.63) is 59.2 Å². The van der Waals surface area contributed by atoms with Crippen LogP contribution in [0.3, 0.4) is 0 Å². The van der Waals surface area contributed by atoms with Gasteiger partial charge in [0.25, 0.3) is 0 Å². The molecule has 1 heterocycles. The second-order valence-electron chi connectivity index (χ2n) is 5.91. The summed E-state index contributed by atoms with van der Waals surface area (Å²) in [6, 6.07) is 14.2. The molecule has 1 unspecified atom stereocenters. The van der Waals surface area contributed by atoms with E-state index in [0.717, 1.165) is 24.2 Å². The number of hydrogen-bond acceptors (Lipinski definition) is 3. The summed E-state index contributed by atoms with van der Waals surface area (Å²) in [7, 11) is 1.61. The summed E-state index contributed by atoms with van der Waals surface area (Å²) >= 11 is 0. The Bertz CT molecular complexity index is 712. The summed E-state index contributed by atoms with van der Waals surface area (Å²) in [6.45, 7) is 2.90. The summed E-state index contributed by atoms with van der Waals surface area (Å²) in [4.78, 5) is 12.5. The minimum absolute atomic E-state index is 0.0110. The van der Waals surface area contributed by atoms with Gasteiger partial charge in [-0.1, -0.05) is 30.3 Å². The minimum Gasteiger partial charge on any atom is -0.495 e. The van der Waals surface area contributed by atoms with Crippen molar-refractivity contribution in [2.45, 2.75) is 25.8 Å². The van der Waals surface area contributed by atoms with Gasteiger partial charge in [-0.3, -0.25) is 4.79 Å². The normalized spacial score (nSPS) is 16.5. The number of carbonyl (C=O) groups excluding carboxylic acids is 1. The zero-order valence-corrected chi connectivity index (χ0v) is 13.6. The topological polar surface area (TPSA) is 50.4 Å². The van der Waals surface area contributed by atoms with Crippen LogP contribution in [0.2, 0.25) is 0 Å². The number of amides is 1. The summed E-state index contributed by atoms with van der Waals surface area (Å²) in [5, 5.41) is 6.42. The Morgan fingerprint density at radius 1 is 1.30 bits per heavy atom. The molecule has 0 saturated carbocycles. The number of ether oxygens (including phenoxy) is 1. The smallest absolute Gasteiger partial charge is 0.226 e. The highest BCUT2D eigenvalue weighted by Crippen LogP contribution is 2.28. The van der Waals surface area contributed by atoms with Crippen molar-refractivity contribution < 1.29 is 9.53 Å². The van der Waals surface area contributed by atoms with E-state index in [1.807, 2.05) is 31.2 Å². The van der Waals surface area contributed by atoms with Gasteiger partial charge in [-0.15, -0.1) is 0 Å². The molecular formula is C19H22N2O2. The van der Waals surface area contributed by atoms with E-state index < -0.39 is 0 Å². The van der Waals surface area contributed by atoms with E-state index in [0.29, 0.717) is 12.2 Å². The molecule has 2 aromatic carbocycles. The van der Waals surface area contributed by atoms with Crippen molar-refractivity contribution in [3.63, 3.8) is 0 Å². The Morgan fingerprint density at radius 3 is 2.96 bits per heavy atom. The Hall–Kier alpha value is -2.33. The van der Waals surface area contributed by atoms with Crippen molar-refractivity contribution in [2.75, 3.05) is 19.0 Å². The van der Waals surface area contributed by atoms with E-state index in [1.54, 1.807) is 7.11 Å². The highest BCUT2D eigenvalue weighted by Gasteiger charge is 2.22. The molecule has 1 aliphatic rings. The van der Waals surface area contributed by atoms with Gasteiger partial charge in [0.05, 0.1) is 12.8 Å². The van der Waals surface area contributed by atoms with Gasteiger partial charge in [0.15, 0.2) is 0 Å². The van der Waals surface area contributed by atoms with Gasteiger partial charge in [0.1, 0.15) is 5.75 Å². The van der Waals surface area contributed by atoms with Crippen molar-refractivity contribution in [1.29, 1.82) is 0 Å². The number of nitrogens with one attached hydrogen (secondary N) is 2. The maximum absolute atomic E-state index is 12.5. The molecule has 4 heteroatoms. The fourth-order valence-corrected chi connectivity index (χ4v) is 3.08. The van der Waals surface area contributed by atoms with Crippen molar-refractivity contribution in [2.24, 2.45) is 0 Å². The van der Waals surface area contributed by atoms with E-state index in [-0.39, 0.29) is 11.9 Å². The van der Waals surface area contributed by atoms with Crippen LogP contribution in [0.15, 0.2) is 42.5 Å². The van der Waals surface area contributed by atoms with Gasteiger partial charge in [-0.2, -0.15) is 0 Å². The maximum atomic E-state index is 12.5. The molecule has 0 fully saturated rings. The molecule has 4 nitrogen and oxygen atoms in total. The average Bonchev–Trinajstić information content (AvgIpc) is 2.55. The van der Waals surface area contributed by atoms with Crippen LogP contribution in [-0.2, 0) is 11.2 Å². The average molecular weight is 310 g/mol. The maximum Gasteiger partial charge on any atom is 0.226 e. The van der Waals surface area contributed by atoms with Gasteiger partial charge in [0.2, 0.25) is 5.91 Å². The fraction of sp³-hybridized carbons (Fsp3) is 0.316. The first-order chi connectivity index (χ1) is 11.2. The Labute approximate surface area is 136 Å². The third-order valence-corrected chi connectivity index (χ3v) is 4.23. The Kier molecular flexibility index (Phi) is 4.63. The lowest BCUT2D eigenvalue weighted by Gasteiger charge is -2.26. The molecule has 120 valence electrons. The van der Waals surface area contributed by atoms with Crippen LogP contribution >= 0.6 is 0 Å². The van der Waals surface area contributed by atoms with Crippen LogP contribution in [0.5, 0.6) is 5.75 Å². The molecule has 0 spiro atoms. The number of fused-ring (bicyclic) bond motifs is 1. The lowest BCUT2D eigenvalue weighted by Crippen LogP contribution is -2.32. The summed E-state index contributed by atoms with van der Waals surface area (Å²) < 4.78 is 5.32. The van der Waals surface area contributed by atoms with Gasteiger partial charge in [-0.05, 0) is 48.7 Å². The molecule has 0 aliphatic carbocycles. The van der Waals surface area contributed by atoms with Gasteiger partial charge < -0.3 is 15.4 Å². The molecule has 2 N–H and O–H groups in total. The van der Waals surface area contributed by atoms with Gasteiger partial charge >= 0.3 is 0 Å². The quantitative estimate of drug-likeness (QED) is 0.911. The van der Waals surface area contributed by atoms with Crippen LogP contribution in [0, 0.1) is 6.92 Å². The van der Waals surface area contributed by atoms with Crippen LogP contribution in [0.4, 0.5) is 5.69 Å². The minimum atomic E-state index is -0.0110. The van der Waals surface area contributed by atoms with E-state index in [2.05, 4.69) is 28.8 Å². The number of hydrogen-bond donors (Lipinski definition) is 2. The first kappa shape index (κ1) is 15.6. The molecule has 23 heavy (non-hydrogen) atoms. The predicted molar refractivity (Wildman–Crippen MR) is 91.9 cm³/mol. The van der Waals surface area contributed by atoms with Crippen molar-refractivity contribution in [3.8, 4) is 5.75 Å². The monoisotopic (exact) mass is 310 g/mol. The summed E-state index contributed by atoms with van der Waals surface area (Å²) in [5.41, 5.74) is 4.37. The first-order valence-electron chi connectivity index (χ1n) is 7.93.